The predicted octanol–water partition coefficient (Wildman–Crippen LogP) is 6.06. The molecule has 0 radical (unpaired) electrons. The Morgan fingerprint density at radius 3 is 0.837 bits per heavy atom. The van der Waals surface area contributed by atoms with Crippen LogP contribution in [0.3, 0.4) is 0 Å². The van der Waals surface area contributed by atoms with Crippen LogP contribution in [-0.2, 0) is 47.5 Å². The summed E-state index contributed by atoms with van der Waals surface area (Å²) in [6.45, 7) is 10.5. The minimum atomic E-state index is -0.143. The zero-order valence-electron chi connectivity index (χ0n) is 27.6. The van der Waals surface area contributed by atoms with E-state index in [1.54, 1.807) is 0 Å². The third-order valence-corrected chi connectivity index (χ3v) is 6.56. The number of ether oxygens (including phenoxy) is 8. The molecule has 0 unspecified atom stereocenters. The van der Waals surface area contributed by atoms with Crippen LogP contribution >= 0.6 is 0 Å². The van der Waals surface area contributed by atoms with E-state index >= 15 is 0 Å². The molecule has 0 aliphatic heterocycles. The Kier molecular flexibility index (Phi) is 35.8. The highest BCUT2D eigenvalue weighted by atomic mass is 16.6. The molecule has 0 aliphatic rings. The van der Waals surface area contributed by atoms with Crippen molar-refractivity contribution >= 4 is 11.9 Å². The molecular weight excluding hydrogens is 556 g/mol. The number of carbonyl (C=O) groups is 2. The summed E-state index contributed by atoms with van der Waals surface area (Å²) in [6, 6.07) is 0. The quantitative estimate of drug-likeness (QED) is 0.0605. The Morgan fingerprint density at radius 2 is 0.558 bits per heavy atom. The van der Waals surface area contributed by atoms with Gasteiger partial charge in [-0.3, -0.25) is 9.59 Å². The average molecular weight is 621 g/mol. The van der Waals surface area contributed by atoms with Crippen molar-refractivity contribution in [1.29, 1.82) is 0 Å². The van der Waals surface area contributed by atoms with Crippen LogP contribution in [0.2, 0.25) is 0 Å². The highest BCUT2D eigenvalue weighted by molar-refractivity contribution is 5.69. The fourth-order valence-corrected chi connectivity index (χ4v) is 4.05. The Balaban J connectivity index is 3.16. The van der Waals surface area contributed by atoms with E-state index in [0.717, 1.165) is 25.7 Å². The molecule has 0 N–H and O–H groups in total. The van der Waals surface area contributed by atoms with E-state index in [-0.39, 0.29) is 25.2 Å². The minimum Gasteiger partial charge on any atom is -0.463 e. The molecule has 0 saturated carbocycles. The van der Waals surface area contributed by atoms with Gasteiger partial charge in [0.25, 0.3) is 0 Å². The van der Waals surface area contributed by atoms with Gasteiger partial charge in [-0.05, 0) is 12.8 Å². The largest absolute Gasteiger partial charge is 0.463 e. The molecule has 0 bridgehead atoms. The van der Waals surface area contributed by atoms with E-state index in [1.807, 2.05) is 0 Å². The lowest BCUT2D eigenvalue weighted by Gasteiger charge is -2.09. The van der Waals surface area contributed by atoms with Gasteiger partial charge in [0.15, 0.2) is 0 Å². The summed E-state index contributed by atoms with van der Waals surface area (Å²) in [6.07, 6.45) is 16.2. The van der Waals surface area contributed by atoms with Crippen LogP contribution < -0.4 is 0 Å². The van der Waals surface area contributed by atoms with Crippen LogP contribution in [0.15, 0.2) is 0 Å². The van der Waals surface area contributed by atoms with E-state index < -0.39 is 0 Å². The molecule has 10 heteroatoms. The summed E-state index contributed by atoms with van der Waals surface area (Å²) in [4.78, 5) is 23.3. The fourth-order valence-electron chi connectivity index (χ4n) is 4.05. The van der Waals surface area contributed by atoms with Gasteiger partial charge in [0, 0.05) is 12.8 Å². The normalized spacial score (nSPS) is 11.2. The van der Waals surface area contributed by atoms with Gasteiger partial charge in [-0.1, -0.05) is 84.5 Å². The maximum atomic E-state index is 11.7. The number of esters is 2. The van der Waals surface area contributed by atoms with Crippen molar-refractivity contribution in [1.82, 2.24) is 0 Å². The summed E-state index contributed by atoms with van der Waals surface area (Å²) < 4.78 is 43.0. The Morgan fingerprint density at radius 1 is 0.326 bits per heavy atom. The van der Waals surface area contributed by atoms with E-state index in [2.05, 4.69) is 13.8 Å². The summed E-state index contributed by atoms with van der Waals surface area (Å²) in [5.41, 5.74) is 0. The molecule has 0 atom stereocenters. The maximum Gasteiger partial charge on any atom is 0.305 e. The first-order valence-corrected chi connectivity index (χ1v) is 17.0. The zero-order chi connectivity index (χ0) is 31.3. The number of carbonyl (C=O) groups excluding carboxylic acids is 2. The van der Waals surface area contributed by atoms with Crippen molar-refractivity contribution in [2.45, 2.75) is 110 Å². The second kappa shape index (κ2) is 36.9. The molecule has 0 saturated heterocycles. The molecule has 0 rings (SSSR count). The third-order valence-electron chi connectivity index (χ3n) is 6.56. The van der Waals surface area contributed by atoms with E-state index in [0.29, 0.717) is 92.1 Å². The van der Waals surface area contributed by atoms with Gasteiger partial charge in [-0.15, -0.1) is 0 Å². The number of hydrogen-bond donors (Lipinski definition) is 0. The van der Waals surface area contributed by atoms with Crippen molar-refractivity contribution in [3.8, 4) is 0 Å². The molecule has 256 valence electrons. The molecule has 0 amide bonds. The summed E-state index contributed by atoms with van der Waals surface area (Å²) >= 11 is 0. The highest BCUT2D eigenvalue weighted by Crippen LogP contribution is 2.09. The molecule has 10 nitrogen and oxygen atoms in total. The van der Waals surface area contributed by atoms with E-state index in [1.165, 1.54) is 57.8 Å². The molecule has 0 aliphatic carbocycles. The van der Waals surface area contributed by atoms with Gasteiger partial charge >= 0.3 is 11.9 Å². The first-order chi connectivity index (χ1) is 21.2. The summed E-state index contributed by atoms with van der Waals surface area (Å²) in [5.74, 6) is -0.284. The summed E-state index contributed by atoms with van der Waals surface area (Å²) in [7, 11) is 0. The highest BCUT2D eigenvalue weighted by Gasteiger charge is 2.04. The van der Waals surface area contributed by atoms with E-state index in [4.69, 9.17) is 37.9 Å². The van der Waals surface area contributed by atoms with Crippen molar-refractivity contribution in [3.63, 3.8) is 0 Å². The zero-order valence-corrected chi connectivity index (χ0v) is 27.6. The molecule has 0 aromatic heterocycles. The molecule has 0 aromatic rings. The predicted molar refractivity (Wildman–Crippen MR) is 167 cm³/mol. The van der Waals surface area contributed by atoms with Crippen molar-refractivity contribution in [2.24, 2.45) is 0 Å². The van der Waals surface area contributed by atoms with Crippen LogP contribution in [0.4, 0.5) is 0 Å². The minimum absolute atomic E-state index is 0.141. The second-order valence-electron chi connectivity index (χ2n) is 10.5. The van der Waals surface area contributed by atoms with Crippen LogP contribution in [-0.4, -0.2) is 104 Å². The second-order valence-corrected chi connectivity index (χ2v) is 10.5. The van der Waals surface area contributed by atoms with Gasteiger partial charge in [-0.2, -0.15) is 0 Å². The fraction of sp³-hybridized carbons (Fsp3) is 0.939. The van der Waals surface area contributed by atoms with Crippen LogP contribution in [0, 0.1) is 0 Å². The van der Waals surface area contributed by atoms with Gasteiger partial charge in [-0.25, -0.2) is 0 Å². The lowest BCUT2D eigenvalue weighted by Crippen LogP contribution is -2.15. The topological polar surface area (TPSA) is 108 Å². The lowest BCUT2D eigenvalue weighted by molar-refractivity contribution is -0.146. The first kappa shape index (κ1) is 41.7. The van der Waals surface area contributed by atoms with Gasteiger partial charge < -0.3 is 37.9 Å². The maximum absolute atomic E-state index is 11.7. The number of hydrogen-bond acceptors (Lipinski definition) is 10. The SMILES string of the molecule is CCCCCCCCCC(=O)OCCOCCOCCOCCOCCOCCOCCOC(=O)CCCCCCCC. The molecule has 0 heterocycles. The van der Waals surface area contributed by atoms with Crippen LogP contribution in [0.5, 0.6) is 0 Å². The van der Waals surface area contributed by atoms with Gasteiger partial charge in [0.05, 0.1) is 79.3 Å². The van der Waals surface area contributed by atoms with E-state index in [9.17, 15) is 9.59 Å². The van der Waals surface area contributed by atoms with Crippen LogP contribution in [0.1, 0.15) is 110 Å². The number of rotatable bonds is 36. The Labute approximate surface area is 262 Å². The molecule has 0 spiro atoms. The van der Waals surface area contributed by atoms with Gasteiger partial charge in [0.1, 0.15) is 13.2 Å². The van der Waals surface area contributed by atoms with Crippen molar-refractivity contribution in [2.75, 3.05) is 92.5 Å². The third kappa shape index (κ3) is 36.8. The Bertz CT molecular complexity index is 576. The molecule has 0 fully saturated rings. The van der Waals surface area contributed by atoms with Crippen LogP contribution in [0.25, 0.3) is 0 Å². The first-order valence-electron chi connectivity index (χ1n) is 17.0. The monoisotopic (exact) mass is 620 g/mol. The molecular formula is C33H64O10. The standard InChI is InChI=1S/C33H64O10/c1-3-5-7-9-11-13-15-17-33(35)43-31-29-41-27-25-39-23-21-37-19-18-36-20-22-38-24-26-40-28-30-42-32(34)16-14-12-10-8-6-4-2/h3-31H2,1-2H3. The molecule has 0 aromatic carbocycles. The van der Waals surface area contributed by atoms with Gasteiger partial charge in [0.2, 0.25) is 0 Å². The summed E-state index contributed by atoms with van der Waals surface area (Å²) in [5, 5.41) is 0. The Hall–Kier alpha value is -1.30. The van der Waals surface area contributed by atoms with Crippen molar-refractivity contribution < 1.29 is 47.5 Å². The van der Waals surface area contributed by atoms with Crippen molar-refractivity contribution in [3.05, 3.63) is 0 Å². The number of unbranched alkanes of at least 4 members (excludes halogenated alkanes) is 11. The molecule has 43 heavy (non-hydrogen) atoms. The lowest BCUT2D eigenvalue weighted by atomic mass is 10.1. The smallest absolute Gasteiger partial charge is 0.305 e. The average Bonchev–Trinajstić information content (AvgIpc) is 3.01.